The Labute approximate surface area is 88.8 Å². The highest BCUT2D eigenvalue weighted by molar-refractivity contribution is 5.26. The fourth-order valence-corrected chi connectivity index (χ4v) is 1.09. The number of allylic oxidation sites excluding steroid dienone is 2. The van der Waals surface area contributed by atoms with E-state index in [0.717, 1.165) is 29.8 Å². The molecule has 0 aliphatic heterocycles. The third-order valence-corrected chi connectivity index (χ3v) is 2.41. The molecule has 0 spiro atoms. The monoisotopic (exact) mass is 193 g/mol. The zero-order valence-electron chi connectivity index (χ0n) is 9.90. The molecule has 0 aliphatic rings. The van der Waals surface area contributed by atoms with E-state index in [0.29, 0.717) is 0 Å². The Morgan fingerprint density at radius 1 is 1.21 bits per heavy atom. The van der Waals surface area contributed by atoms with Crippen molar-refractivity contribution in [3.8, 4) is 0 Å². The standard InChI is InChI=1S/C13H23N/c1-7-8-9-14(6)13(5)10-12(4)11(2)3/h2,4-5,7-10H2,1,3,6H3. The van der Waals surface area contributed by atoms with Crippen LogP contribution < -0.4 is 0 Å². The van der Waals surface area contributed by atoms with Gasteiger partial charge in [0.05, 0.1) is 0 Å². The van der Waals surface area contributed by atoms with Crippen LogP contribution >= 0.6 is 0 Å². The van der Waals surface area contributed by atoms with Gasteiger partial charge in [0.15, 0.2) is 0 Å². The molecule has 0 saturated heterocycles. The Hall–Kier alpha value is -0.980. The van der Waals surface area contributed by atoms with E-state index in [4.69, 9.17) is 0 Å². The topological polar surface area (TPSA) is 3.24 Å². The second-order valence-electron chi connectivity index (χ2n) is 3.90. The van der Waals surface area contributed by atoms with Gasteiger partial charge in [-0.25, -0.2) is 0 Å². The normalized spacial score (nSPS) is 9.64. The molecule has 1 nitrogen and oxygen atoms in total. The molecule has 0 radical (unpaired) electrons. The van der Waals surface area contributed by atoms with E-state index in [1.165, 1.54) is 12.8 Å². The number of rotatable bonds is 7. The molecule has 14 heavy (non-hydrogen) atoms. The van der Waals surface area contributed by atoms with Crippen molar-refractivity contribution < 1.29 is 0 Å². The van der Waals surface area contributed by atoms with Gasteiger partial charge in [0.25, 0.3) is 0 Å². The lowest BCUT2D eigenvalue weighted by Gasteiger charge is -2.22. The molecular weight excluding hydrogens is 170 g/mol. The number of hydrogen-bond acceptors (Lipinski definition) is 1. The first-order valence-corrected chi connectivity index (χ1v) is 5.21. The third kappa shape index (κ3) is 4.90. The second-order valence-corrected chi connectivity index (χ2v) is 3.90. The molecule has 0 aromatic rings. The second kappa shape index (κ2) is 6.47. The van der Waals surface area contributed by atoms with Crippen LogP contribution in [0.2, 0.25) is 0 Å². The molecule has 0 N–H and O–H groups in total. The molecule has 0 saturated carbocycles. The summed E-state index contributed by atoms with van der Waals surface area (Å²) < 4.78 is 0. The summed E-state index contributed by atoms with van der Waals surface area (Å²) in [6, 6.07) is 0. The summed E-state index contributed by atoms with van der Waals surface area (Å²) >= 11 is 0. The highest BCUT2D eigenvalue weighted by Crippen LogP contribution is 2.16. The molecule has 0 unspecified atom stereocenters. The molecule has 0 amide bonds. The summed E-state index contributed by atoms with van der Waals surface area (Å²) in [5, 5.41) is 0. The van der Waals surface area contributed by atoms with Crippen molar-refractivity contribution in [3.05, 3.63) is 36.6 Å². The lowest BCUT2D eigenvalue weighted by atomic mass is 10.1. The molecule has 0 atom stereocenters. The fourth-order valence-electron chi connectivity index (χ4n) is 1.09. The van der Waals surface area contributed by atoms with E-state index in [1.54, 1.807) is 0 Å². The maximum absolute atomic E-state index is 4.05. The Kier molecular flexibility index (Phi) is 6.02. The first-order valence-electron chi connectivity index (χ1n) is 5.21. The van der Waals surface area contributed by atoms with E-state index < -0.39 is 0 Å². The predicted molar refractivity (Wildman–Crippen MR) is 65.2 cm³/mol. The molecule has 0 heterocycles. The van der Waals surface area contributed by atoms with Crippen molar-refractivity contribution in [2.75, 3.05) is 13.6 Å². The van der Waals surface area contributed by atoms with Gasteiger partial charge in [-0.2, -0.15) is 0 Å². The van der Waals surface area contributed by atoms with Crippen molar-refractivity contribution >= 4 is 0 Å². The van der Waals surface area contributed by atoms with Crippen LogP contribution in [-0.2, 0) is 0 Å². The summed E-state index contributed by atoms with van der Waals surface area (Å²) in [5.41, 5.74) is 3.26. The highest BCUT2D eigenvalue weighted by atomic mass is 15.1. The molecule has 80 valence electrons. The van der Waals surface area contributed by atoms with E-state index in [2.05, 4.69) is 38.6 Å². The van der Waals surface area contributed by atoms with E-state index in [-0.39, 0.29) is 0 Å². The van der Waals surface area contributed by atoms with E-state index >= 15 is 0 Å². The molecule has 1 heteroatoms. The van der Waals surface area contributed by atoms with Gasteiger partial charge in [-0.15, -0.1) is 0 Å². The van der Waals surface area contributed by atoms with Crippen LogP contribution in [0, 0.1) is 0 Å². The van der Waals surface area contributed by atoms with Crippen LogP contribution in [0.1, 0.15) is 33.1 Å². The Morgan fingerprint density at radius 3 is 2.21 bits per heavy atom. The first-order chi connectivity index (χ1) is 6.49. The average molecular weight is 193 g/mol. The van der Waals surface area contributed by atoms with Gasteiger partial charge >= 0.3 is 0 Å². The first kappa shape index (κ1) is 13.0. The maximum Gasteiger partial charge on any atom is 0.0171 e. The summed E-state index contributed by atoms with van der Waals surface area (Å²) in [5.74, 6) is 0. The van der Waals surface area contributed by atoms with Crippen LogP contribution in [0.25, 0.3) is 0 Å². The van der Waals surface area contributed by atoms with Crippen LogP contribution in [-0.4, -0.2) is 18.5 Å². The largest absolute Gasteiger partial charge is 0.378 e. The minimum atomic E-state index is 0.843. The smallest absolute Gasteiger partial charge is 0.0171 e. The van der Waals surface area contributed by atoms with Crippen molar-refractivity contribution in [1.29, 1.82) is 0 Å². The van der Waals surface area contributed by atoms with Gasteiger partial charge in [-0.3, -0.25) is 0 Å². The zero-order valence-corrected chi connectivity index (χ0v) is 9.90. The fraction of sp³-hybridized carbons (Fsp3) is 0.538. The van der Waals surface area contributed by atoms with Crippen LogP contribution in [0.3, 0.4) is 0 Å². The summed E-state index contributed by atoms with van der Waals surface area (Å²) in [6.07, 6.45) is 3.28. The molecule has 0 bridgehead atoms. The lowest BCUT2D eigenvalue weighted by Crippen LogP contribution is -2.18. The number of unbranched alkanes of at least 4 members (excludes halogenated alkanes) is 1. The minimum absolute atomic E-state index is 0.843. The summed E-state index contributed by atoms with van der Waals surface area (Å²) in [7, 11) is 2.09. The van der Waals surface area contributed by atoms with Gasteiger partial charge in [0, 0.05) is 25.7 Å². The molecule has 0 fully saturated rings. The average Bonchev–Trinajstić information content (AvgIpc) is 2.13. The van der Waals surface area contributed by atoms with Crippen LogP contribution in [0.15, 0.2) is 36.6 Å². The molecule has 0 aromatic carbocycles. The van der Waals surface area contributed by atoms with Crippen LogP contribution in [0.4, 0.5) is 0 Å². The lowest BCUT2D eigenvalue weighted by molar-refractivity contribution is 0.399. The predicted octanol–water partition coefficient (Wildman–Crippen LogP) is 3.75. The quantitative estimate of drug-likeness (QED) is 0.556. The van der Waals surface area contributed by atoms with Gasteiger partial charge in [0.2, 0.25) is 0 Å². The third-order valence-electron chi connectivity index (χ3n) is 2.41. The van der Waals surface area contributed by atoms with Crippen LogP contribution in [0.5, 0.6) is 0 Å². The van der Waals surface area contributed by atoms with Gasteiger partial charge in [0.1, 0.15) is 0 Å². The maximum atomic E-state index is 4.05. The number of nitrogens with zero attached hydrogens (tertiary/aromatic N) is 1. The van der Waals surface area contributed by atoms with Gasteiger partial charge in [-0.05, 0) is 18.9 Å². The van der Waals surface area contributed by atoms with Gasteiger partial charge in [-0.1, -0.05) is 38.7 Å². The molecule has 0 rings (SSSR count). The van der Waals surface area contributed by atoms with Gasteiger partial charge < -0.3 is 4.90 Å². The number of hydrogen-bond donors (Lipinski definition) is 0. The SMILES string of the molecule is C=C(C)C(=C)CC(=C)N(C)CCCC. The summed E-state index contributed by atoms with van der Waals surface area (Å²) in [4.78, 5) is 2.21. The minimum Gasteiger partial charge on any atom is -0.378 e. The highest BCUT2D eigenvalue weighted by Gasteiger charge is 2.03. The zero-order chi connectivity index (χ0) is 11.1. The van der Waals surface area contributed by atoms with Crippen molar-refractivity contribution in [2.24, 2.45) is 0 Å². The Morgan fingerprint density at radius 2 is 1.79 bits per heavy atom. The molecule has 0 aromatic heterocycles. The Bertz CT molecular complexity index is 225. The van der Waals surface area contributed by atoms with E-state index in [1.807, 2.05) is 6.92 Å². The van der Waals surface area contributed by atoms with Crippen molar-refractivity contribution in [2.45, 2.75) is 33.1 Å². The Balaban J connectivity index is 3.95. The molecular formula is C13H23N. The summed E-state index contributed by atoms with van der Waals surface area (Å²) in [6.45, 7) is 17.2. The van der Waals surface area contributed by atoms with Crippen molar-refractivity contribution in [3.63, 3.8) is 0 Å². The molecule has 0 aliphatic carbocycles. The van der Waals surface area contributed by atoms with E-state index in [9.17, 15) is 0 Å². The van der Waals surface area contributed by atoms with Crippen molar-refractivity contribution in [1.82, 2.24) is 4.90 Å².